The third kappa shape index (κ3) is 2.96. The van der Waals surface area contributed by atoms with Crippen LogP contribution in [-0.2, 0) is 0 Å². The maximum Gasteiger partial charge on any atom is 0.294 e. The molecule has 0 aromatic rings. The minimum absolute atomic E-state index is 0.877. The fourth-order valence-electron chi connectivity index (χ4n) is 2.08. The van der Waals surface area contributed by atoms with Crippen LogP contribution in [0.15, 0.2) is 4.99 Å². The van der Waals surface area contributed by atoms with Crippen molar-refractivity contribution >= 4 is 5.96 Å². The molecule has 0 radical (unpaired) electrons. The number of hydrogen-bond acceptors (Lipinski definition) is 3. The highest BCUT2D eigenvalue weighted by atomic mass is 15.2. The summed E-state index contributed by atoms with van der Waals surface area (Å²) in [5.41, 5.74) is 0. The van der Waals surface area contributed by atoms with E-state index in [0.717, 1.165) is 25.0 Å². The average Bonchev–Trinajstić information content (AvgIpc) is 2.29. The number of rotatable bonds is 2. The van der Waals surface area contributed by atoms with Crippen LogP contribution in [0.1, 0.15) is 19.3 Å². The average molecular weight is 197 g/mol. The van der Waals surface area contributed by atoms with Crippen LogP contribution in [0.3, 0.4) is 0 Å². The first kappa shape index (κ1) is 9.93. The molecule has 2 aliphatic rings. The van der Waals surface area contributed by atoms with Gasteiger partial charge in [-0.2, -0.15) is 0 Å². The van der Waals surface area contributed by atoms with E-state index in [1.807, 2.05) is 0 Å². The van der Waals surface area contributed by atoms with Crippen LogP contribution in [0.4, 0.5) is 0 Å². The van der Waals surface area contributed by atoms with Gasteiger partial charge in [0.25, 0.3) is 5.96 Å². The quantitative estimate of drug-likeness (QED) is 0.526. The third-order valence-corrected chi connectivity index (χ3v) is 3.03. The standard InChI is InChI=1S/C10H20N4/c1-4-12-10(13-5-1)14-8-9-2-6-11-7-3-9/h9,11H,1-8H2,(H2,12,13,14)/p+1. The molecule has 0 unspecified atom stereocenters. The Hall–Kier alpha value is -0.610. The Balaban J connectivity index is 1.67. The van der Waals surface area contributed by atoms with Crippen molar-refractivity contribution < 1.29 is 5.32 Å². The summed E-state index contributed by atoms with van der Waals surface area (Å²) in [6, 6.07) is 0. The number of nitrogens with one attached hydrogen (secondary N) is 2. The van der Waals surface area contributed by atoms with Crippen molar-refractivity contribution in [3.8, 4) is 0 Å². The molecule has 4 heteroatoms. The molecule has 0 spiro atoms. The van der Waals surface area contributed by atoms with E-state index < -0.39 is 0 Å². The van der Waals surface area contributed by atoms with E-state index in [1.54, 1.807) is 0 Å². The number of nitrogens with two attached hydrogens (primary N) is 1. The summed E-state index contributed by atoms with van der Waals surface area (Å²) in [5.74, 6) is 2.01. The van der Waals surface area contributed by atoms with E-state index in [9.17, 15) is 0 Å². The molecule has 4 nitrogen and oxygen atoms in total. The van der Waals surface area contributed by atoms with E-state index >= 15 is 0 Å². The fourth-order valence-corrected chi connectivity index (χ4v) is 2.08. The highest BCUT2D eigenvalue weighted by molar-refractivity contribution is 5.70. The number of guanidine groups is 1. The molecule has 0 aromatic carbocycles. The van der Waals surface area contributed by atoms with Crippen molar-refractivity contribution in [2.24, 2.45) is 10.9 Å². The Morgan fingerprint density at radius 1 is 1.29 bits per heavy atom. The van der Waals surface area contributed by atoms with Crippen molar-refractivity contribution in [1.82, 2.24) is 10.6 Å². The molecule has 0 atom stereocenters. The van der Waals surface area contributed by atoms with Crippen molar-refractivity contribution in [2.45, 2.75) is 19.3 Å². The predicted octanol–water partition coefficient (Wildman–Crippen LogP) is -1.10. The van der Waals surface area contributed by atoms with Crippen LogP contribution in [-0.4, -0.2) is 38.7 Å². The van der Waals surface area contributed by atoms with Gasteiger partial charge in [0.1, 0.15) is 0 Å². The first-order chi connectivity index (χ1) is 6.95. The zero-order valence-corrected chi connectivity index (χ0v) is 8.76. The topological polar surface area (TPSA) is 53.0 Å². The van der Waals surface area contributed by atoms with Gasteiger partial charge in [0, 0.05) is 19.0 Å². The van der Waals surface area contributed by atoms with Gasteiger partial charge in [-0.1, -0.05) is 0 Å². The summed E-state index contributed by atoms with van der Waals surface area (Å²) in [5, 5.41) is 9.02. The lowest BCUT2D eigenvalue weighted by Gasteiger charge is -2.21. The lowest BCUT2D eigenvalue weighted by molar-refractivity contribution is -0.552. The summed E-state index contributed by atoms with van der Waals surface area (Å²) in [7, 11) is 0. The van der Waals surface area contributed by atoms with Gasteiger partial charge < -0.3 is 10.6 Å². The zero-order valence-electron chi connectivity index (χ0n) is 8.76. The molecule has 0 amide bonds. The van der Waals surface area contributed by atoms with Gasteiger partial charge >= 0.3 is 0 Å². The number of nitrogens with zero attached hydrogens (tertiary/aromatic N) is 1. The second kappa shape index (κ2) is 5.32. The Labute approximate surface area is 85.6 Å². The summed E-state index contributed by atoms with van der Waals surface area (Å²) >= 11 is 0. The Morgan fingerprint density at radius 3 is 2.86 bits per heavy atom. The van der Waals surface area contributed by atoms with Gasteiger partial charge in [-0.15, -0.1) is 0 Å². The first-order valence-corrected chi connectivity index (χ1v) is 5.77. The number of aliphatic imine (C=N–C) groups is 1. The van der Waals surface area contributed by atoms with Crippen LogP contribution in [0.2, 0.25) is 0 Å². The number of piperidine rings is 1. The van der Waals surface area contributed by atoms with E-state index in [1.165, 1.54) is 38.9 Å². The normalized spacial score (nSPS) is 24.1. The second-order valence-electron chi connectivity index (χ2n) is 4.18. The number of hydrogen-bond donors (Lipinski definition) is 3. The van der Waals surface area contributed by atoms with Gasteiger partial charge in [0.2, 0.25) is 0 Å². The Kier molecular flexibility index (Phi) is 3.77. The van der Waals surface area contributed by atoms with Gasteiger partial charge in [-0.05, 0) is 32.4 Å². The molecule has 80 valence electrons. The molecule has 0 aromatic heterocycles. The minimum Gasteiger partial charge on any atom is -0.325 e. The molecule has 0 saturated carbocycles. The van der Waals surface area contributed by atoms with Gasteiger partial charge in [-0.3, -0.25) is 5.32 Å². The smallest absolute Gasteiger partial charge is 0.294 e. The molecular formula is C10H21N4+. The molecule has 2 heterocycles. The van der Waals surface area contributed by atoms with Crippen LogP contribution in [0.25, 0.3) is 0 Å². The highest BCUT2D eigenvalue weighted by Crippen LogP contribution is 2.07. The van der Waals surface area contributed by atoms with E-state index in [0.29, 0.717) is 0 Å². The summed E-state index contributed by atoms with van der Waals surface area (Å²) in [6.07, 6.45) is 3.83. The first-order valence-electron chi connectivity index (χ1n) is 5.77. The molecule has 14 heavy (non-hydrogen) atoms. The van der Waals surface area contributed by atoms with E-state index in [2.05, 4.69) is 20.9 Å². The minimum atomic E-state index is 0.877. The van der Waals surface area contributed by atoms with Crippen molar-refractivity contribution in [1.29, 1.82) is 0 Å². The van der Waals surface area contributed by atoms with Crippen LogP contribution in [0.5, 0.6) is 0 Å². The molecule has 2 rings (SSSR count). The Bertz CT molecular complexity index is 196. The lowest BCUT2D eigenvalue weighted by atomic mass is 9.98. The molecule has 0 aliphatic carbocycles. The third-order valence-electron chi connectivity index (χ3n) is 3.03. The van der Waals surface area contributed by atoms with Crippen molar-refractivity contribution in [3.05, 3.63) is 0 Å². The molecule has 4 N–H and O–H groups in total. The molecule has 2 aliphatic heterocycles. The van der Waals surface area contributed by atoms with Crippen LogP contribution in [0, 0.1) is 5.92 Å². The van der Waals surface area contributed by atoms with Gasteiger partial charge in [0.15, 0.2) is 0 Å². The SMILES string of the molecule is C1CN=C([NH2+]CC2CCNCC2)NC1. The monoisotopic (exact) mass is 197 g/mol. The Morgan fingerprint density at radius 2 is 2.14 bits per heavy atom. The van der Waals surface area contributed by atoms with E-state index in [-0.39, 0.29) is 0 Å². The predicted molar refractivity (Wildman–Crippen MR) is 57.3 cm³/mol. The largest absolute Gasteiger partial charge is 0.325 e. The van der Waals surface area contributed by atoms with Gasteiger partial charge in [-0.25, -0.2) is 4.99 Å². The lowest BCUT2D eigenvalue weighted by Crippen LogP contribution is -2.92. The molecule has 1 fully saturated rings. The summed E-state index contributed by atoms with van der Waals surface area (Å²) < 4.78 is 0. The van der Waals surface area contributed by atoms with Crippen molar-refractivity contribution in [2.75, 3.05) is 32.7 Å². The second-order valence-corrected chi connectivity index (χ2v) is 4.18. The maximum atomic E-state index is 4.45. The zero-order chi connectivity index (χ0) is 9.64. The summed E-state index contributed by atoms with van der Waals surface area (Å²) in [4.78, 5) is 4.45. The molecule has 1 saturated heterocycles. The van der Waals surface area contributed by atoms with Crippen molar-refractivity contribution in [3.63, 3.8) is 0 Å². The highest BCUT2D eigenvalue weighted by Gasteiger charge is 2.16. The maximum absolute atomic E-state index is 4.45. The number of quaternary nitrogens is 1. The van der Waals surface area contributed by atoms with Crippen LogP contribution < -0.4 is 16.0 Å². The van der Waals surface area contributed by atoms with Gasteiger partial charge in [0.05, 0.1) is 6.54 Å². The van der Waals surface area contributed by atoms with Crippen LogP contribution >= 0.6 is 0 Å². The molecular weight excluding hydrogens is 176 g/mol. The van der Waals surface area contributed by atoms with E-state index in [4.69, 9.17) is 0 Å². The summed E-state index contributed by atoms with van der Waals surface area (Å²) in [6.45, 7) is 5.69. The molecule has 0 bridgehead atoms. The fraction of sp³-hybridized carbons (Fsp3) is 0.900.